The predicted octanol–water partition coefficient (Wildman–Crippen LogP) is 4.66. The van der Waals surface area contributed by atoms with E-state index in [1.165, 1.54) is 10.7 Å². The molecule has 0 amide bonds. The number of aryl methyl sites for hydroxylation is 1. The number of nitriles is 1. The van der Waals surface area contributed by atoms with Crippen LogP contribution in [0.4, 0.5) is 4.39 Å². The van der Waals surface area contributed by atoms with Crippen molar-refractivity contribution >= 4 is 22.1 Å². The molecule has 0 radical (unpaired) electrons. The van der Waals surface area contributed by atoms with Crippen molar-refractivity contribution < 1.29 is 19.0 Å². The van der Waals surface area contributed by atoms with Gasteiger partial charge in [0.2, 0.25) is 10.9 Å². The lowest BCUT2D eigenvalue weighted by atomic mass is 9.93. The lowest BCUT2D eigenvalue weighted by molar-refractivity contribution is 0.0694. The molecule has 1 aliphatic rings. The zero-order chi connectivity index (χ0) is 29.9. The summed E-state index contributed by atoms with van der Waals surface area (Å²) in [7, 11) is 0. The summed E-state index contributed by atoms with van der Waals surface area (Å²) >= 11 is 1.14. The second-order valence-electron chi connectivity index (χ2n) is 10.4. The first-order valence-corrected chi connectivity index (χ1v) is 14.8. The van der Waals surface area contributed by atoms with Crippen LogP contribution in [0.5, 0.6) is 5.88 Å². The van der Waals surface area contributed by atoms with Gasteiger partial charge in [-0.25, -0.2) is 19.2 Å². The van der Waals surface area contributed by atoms with E-state index in [0.717, 1.165) is 71.3 Å². The van der Waals surface area contributed by atoms with E-state index in [-0.39, 0.29) is 23.1 Å². The van der Waals surface area contributed by atoms with E-state index in [1.807, 2.05) is 24.4 Å². The number of aromatic carboxylic acids is 1. The molecule has 0 unspecified atom stereocenters. The number of pyridine rings is 1. The van der Waals surface area contributed by atoms with Crippen LogP contribution in [-0.4, -0.2) is 58.4 Å². The summed E-state index contributed by atoms with van der Waals surface area (Å²) in [4.78, 5) is 23.6. The summed E-state index contributed by atoms with van der Waals surface area (Å²) in [5.41, 5.74) is 4.49. The number of likely N-dealkylation sites (tertiary alicyclic amines) is 1. The Morgan fingerprint density at radius 1 is 1.23 bits per heavy atom. The zero-order valence-electron chi connectivity index (χ0n) is 23.5. The fourth-order valence-corrected chi connectivity index (χ4v) is 6.27. The van der Waals surface area contributed by atoms with Crippen LogP contribution in [0.2, 0.25) is 0 Å². The number of carboxylic acid groups (broad SMARTS) is 1. The topological polar surface area (TPSA) is 134 Å². The number of piperidine rings is 1. The average Bonchev–Trinajstić information content (AvgIpc) is 3.73. The molecule has 0 saturated carbocycles. The number of rotatable bonds is 10. The number of fused-ring (bicyclic) bond motifs is 1. The van der Waals surface area contributed by atoms with E-state index in [1.54, 1.807) is 24.5 Å². The molecule has 1 fully saturated rings. The minimum atomic E-state index is -1.06. The molecule has 1 saturated heterocycles. The predicted molar refractivity (Wildman–Crippen MR) is 155 cm³/mol. The molecule has 1 aromatic carbocycles. The molecule has 5 aromatic rings. The largest absolute Gasteiger partial charge is 0.476 e. The van der Waals surface area contributed by atoms with Crippen LogP contribution in [0.25, 0.3) is 4.83 Å². The van der Waals surface area contributed by atoms with Crippen molar-refractivity contribution in [1.29, 1.82) is 5.26 Å². The quantitative estimate of drug-likeness (QED) is 0.243. The third-order valence-corrected chi connectivity index (χ3v) is 8.80. The Hall–Kier alpha value is -4.67. The first-order chi connectivity index (χ1) is 20.9. The Balaban J connectivity index is 1.12. The number of hydrogen-bond acceptors (Lipinski definition) is 9. The number of carboxylic acids is 1. The highest BCUT2D eigenvalue weighted by molar-refractivity contribution is 7.19. The van der Waals surface area contributed by atoms with E-state index in [0.29, 0.717) is 24.4 Å². The molecular formula is C30H29FN8O3S. The number of hydrogen-bond donors (Lipinski definition) is 1. The maximum atomic E-state index is 14.3. The Morgan fingerprint density at radius 2 is 2.07 bits per heavy atom. The number of halogens is 1. The summed E-state index contributed by atoms with van der Waals surface area (Å²) < 4.78 is 23.6. The van der Waals surface area contributed by atoms with Gasteiger partial charge in [0, 0.05) is 60.2 Å². The van der Waals surface area contributed by atoms with Gasteiger partial charge in [0.05, 0.1) is 23.7 Å². The number of nitrogens with zero attached hydrogens (tertiary/aromatic N) is 8. The van der Waals surface area contributed by atoms with Crippen LogP contribution in [0.3, 0.4) is 0 Å². The minimum Gasteiger partial charge on any atom is -0.476 e. The Morgan fingerprint density at radius 3 is 2.81 bits per heavy atom. The molecule has 220 valence electrons. The molecule has 5 heterocycles. The lowest BCUT2D eigenvalue weighted by Crippen LogP contribution is -2.33. The van der Waals surface area contributed by atoms with Crippen LogP contribution >= 0.6 is 11.3 Å². The molecule has 6 rings (SSSR count). The van der Waals surface area contributed by atoms with E-state index in [9.17, 15) is 14.3 Å². The van der Waals surface area contributed by atoms with Crippen LogP contribution in [0, 0.1) is 17.1 Å². The van der Waals surface area contributed by atoms with Gasteiger partial charge in [-0.1, -0.05) is 23.5 Å². The van der Waals surface area contributed by atoms with Gasteiger partial charge in [0.15, 0.2) is 0 Å². The van der Waals surface area contributed by atoms with Gasteiger partial charge < -0.3 is 14.4 Å². The van der Waals surface area contributed by atoms with Gasteiger partial charge >= 0.3 is 5.97 Å². The van der Waals surface area contributed by atoms with E-state index < -0.39 is 11.8 Å². The molecule has 1 N–H and O–H groups in total. The summed E-state index contributed by atoms with van der Waals surface area (Å²) in [5.74, 6) is -0.841. The Kier molecular flexibility index (Phi) is 8.13. The molecular weight excluding hydrogens is 571 g/mol. The second-order valence-corrected chi connectivity index (χ2v) is 11.4. The summed E-state index contributed by atoms with van der Waals surface area (Å²) in [6.07, 6.45) is 6.04. The minimum absolute atomic E-state index is 0.0147. The van der Waals surface area contributed by atoms with Crippen molar-refractivity contribution in [2.75, 3.05) is 13.1 Å². The van der Waals surface area contributed by atoms with E-state index >= 15 is 0 Å². The van der Waals surface area contributed by atoms with Crippen LogP contribution in [0.1, 0.15) is 69.3 Å². The van der Waals surface area contributed by atoms with Crippen molar-refractivity contribution in [3.8, 4) is 11.9 Å². The number of aromatic nitrogens is 6. The third-order valence-electron chi connectivity index (χ3n) is 7.74. The maximum Gasteiger partial charge on any atom is 0.367 e. The highest BCUT2D eigenvalue weighted by atomic mass is 32.1. The molecule has 0 aliphatic carbocycles. The number of imidazole rings is 1. The van der Waals surface area contributed by atoms with Crippen molar-refractivity contribution in [2.24, 2.45) is 0 Å². The van der Waals surface area contributed by atoms with Crippen LogP contribution in [0.15, 0.2) is 48.9 Å². The van der Waals surface area contributed by atoms with Crippen LogP contribution < -0.4 is 4.74 Å². The molecule has 0 atom stereocenters. The third kappa shape index (κ3) is 6.11. The highest BCUT2D eigenvalue weighted by Crippen LogP contribution is 2.31. The van der Waals surface area contributed by atoms with Gasteiger partial charge in [-0.05, 0) is 51.1 Å². The first-order valence-electron chi connectivity index (χ1n) is 14.0. The molecule has 43 heavy (non-hydrogen) atoms. The molecule has 1 aliphatic heterocycles. The summed E-state index contributed by atoms with van der Waals surface area (Å²) in [6.45, 7) is 5.20. The van der Waals surface area contributed by atoms with Gasteiger partial charge in [0.1, 0.15) is 17.3 Å². The van der Waals surface area contributed by atoms with Gasteiger partial charge in [-0.2, -0.15) is 10.4 Å². The van der Waals surface area contributed by atoms with Crippen molar-refractivity contribution in [3.63, 3.8) is 0 Å². The second kappa shape index (κ2) is 12.3. The van der Waals surface area contributed by atoms with Crippen LogP contribution in [-0.2, 0) is 26.1 Å². The summed E-state index contributed by atoms with van der Waals surface area (Å²) in [6, 6.07) is 11.9. The lowest BCUT2D eigenvalue weighted by Gasteiger charge is -2.31. The zero-order valence-corrected chi connectivity index (χ0v) is 24.3. The Labute approximate surface area is 250 Å². The van der Waals surface area contributed by atoms with E-state index in [2.05, 4.69) is 26.5 Å². The summed E-state index contributed by atoms with van der Waals surface area (Å²) in [5, 5.41) is 27.3. The molecule has 0 bridgehead atoms. The first kappa shape index (κ1) is 28.4. The van der Waals surface area contributed by atoms with E-state index in [4.69, 9.17) is 20.1 Å². The Bertz CT molecular complexity index is 1820. The van der Waals surface area contributed by atoms with Crippen molar-refractivity contribution in [3.05, 3.63) is 93.5 Å². The number of ether oxygens (including phenoxy) is 1. The van der Waals surface area contributed by atoms with Crippen molar-refractivity contribution in [1.82, 2.24) is 34.3 Å². The van der Waals surface area contributed by atoms with Gasteiger partial charge in [-0.3, -0.25) is 4.90 Å². The molecule has 13 heteroatoms. The standard InChI is InChI=1S/C30H29FN8O3S/c1-2-38-18-33-15-22(38)13-23-26(35-39-29(23)43-28(36-39)30(40)41)16-37-10-8-20(9-11-37)25-4-3-5-27(34-25)42-17-21-7-6-19(14-32)12-24(21)31/h3-7,12,15,18,20H,2,8-11,13,16-17H2,1H3,(H,40,41). The molecule has 11 nitrogen and oxygen atoms in total. The maximum absolute atomic E-state index is 14.3. The fourth-order valence-electron chi connectivity index (χ4n) is 5.41. The monoisotopic (exact) mass is 600 g/mol. The smallest absolute Gasteiger partial charge is 0.367 e. The SMILES string of the molecule is CCn1cncc1Cc1c(CN2CCC(c3cccc(OCc4ccc(C#N)cc4F)n3)CC2)nn2nc(C(=O)O)sc12. The normalized spacial score (nSPS) is 14.3. The highest BCUT2D eigenvalue weighted by Gasteiger charge is 2.26. The number of benzene rings is 1. The fraction of sp³-hybridized carbons (Fsp3) is 0.333. The van der Waals surface area contributed by atoms with Crippen molar-refractivity contribution in [2.45, 2.75) is 51.8 Å². The molecule has 4 aromatic heterocycles. The average molecular weight is 601 g/mol. The number of carbonyl (C=O) groups is 1. The molecule has 0 spiro atoms. The van der Waals surface area contributed by atoms with Gasteiger partial charge in [-0.15, -0.1) is 9.73 Å². The van der Waals surface area contributed by atoms with Gasteiger partial charge in [0.25, 0.3) is 0 Å².